The first-order valence-corrected chi connectivity index (χ1v) is 11.2. The first-order valence-electron chi connectivity index (χ1n) is 11.2. The maximum atomic E-state index is 13.3. The van der Waals surface area contributed by atoms with Crippen molar-refractivity contribution in [2.75, 3.05) is 19.9 Å². The van der Waals surface area contributed by atoms with Crippen molar-refractivity contribution in [2.45, 2.75) is 38.8 Å². The van der Waals surface area contributed by atoms with Crippen molar-refractivity contribution >= 4 is 22.7 Å². The topological polar surface area (TPSA) is 64.0 Å². The molecule has 3 aliphatic rings. The zero-order valence-electron chi connectivity index (χ0n) is 18.0. The first-order chi connectivity index (χ1) is 15.7. The van der Waals surface area contributed by atoms with Crippen LogP contribution in [0.3, 0.4) is 0 Å². The van der Waals surface area contributed by atoms with Crippen molar-refractivity contribution in [3.63, 3.8) is 0 Å². The molecule has 0 radical (unpaired) electrons. The van der Waals surface area contributed by atoms with Crippen LogP contribution in [-0.2, 0) is 22.6 Å². The number of amides is 2. The van der Waals surface area contributed by atoms with E-state index < -0.39 is 6.04 Å². The average Bonchev–Trinajstić information content (AvgIpc) is 3.41. The van der Waals surface area contributed by atoms with Gasteiger partial charge >= 0.3 is 0 Å². The third-order valence-corrected chi connectivity index (χ3v) is 6.82. The number of fused-ring (bicyclic) bond motifs is 5. The van der Waals surface area contributed by atoms with Crippen molar-refractivity contribution in [3.8, 4) is 17.2 Å². The van der Waals surface area contributed by atoms with E-state index in [9.17, 15) is 9.59 Å². The van der Waals surface area contributed by atoms with E-state index in [0.717, 1.165) is 52.2 Å². The number of aromatic nitrogens is 1. The molecule has 0 spiro atoms. The summed E-state index contributed by atoms with van der Waals surface area (Å²) in [5, 5.41) is 1.13. The number of piperazine rings is 1. The van der Waals surface area contributed by atoms with Gasteiger partial charge in [-0.25, -0.2) is 0 Å². The Morgan fingerprint density at radius 1 is 1.03 bits per heavy atom. The molecule has 1 saturated heterocycles. The maximum Gasteiger partial charge on any atom is 0.246 e. The van der Waals surface area contributed by atoms with Gasteiger partial charge in [0.05, 0.1) is 18.6 Å². The smallest absolute Gasteiger partial charge is 0.246 e. The third kappa shape index (κ3) is 2.80. The van der Waals surface area contributed by atoms with E-state index in [0.29, 0.717) is 19.5 Å². The summed E-state index contributed by atoms with van der Waals surface area (Å²) in [6, 6.07) is 13.8. The average molecular weight is 431 g/mol. The summed E-state index contributed by atoms with van der Waals surface area (Å²) in [6.45, 7) is 3.58. The van der Waals surface area contributed by atoms with Crippen LogP contribution in [0.25, 0.3) is 16.6 Å². The van der Waals surface area contributed by atoms with Gasteiger partial charge in [-0.05, 0) is 30.2 Å². The highest BCUT2D eigenvalue weighted by molar-refractivity contribution is 5.97. The summed E-state index contributed by atoms with van der Waals surface area (Å²) in [7, 11) is 0. The Balaban J connectivity index is 1.46. The Bertz CT molecular complexity index is 1250. The minimum Gasteiger partial charge on any atom is -0.454 e. The van der Waals surface area contributed by atoms with E-state index >= 15 is 0 Å². The zero-order chi connectivity index (χ0) is 21.8. The lowest BCUT2D eigenvalue weighted by Crippen LogP contribution is -2.61. The number of nitrogens with zero attached hydrogens (tertiary/aromatic N) is 3. The highest BCUT2D eigenvalue weighted by atomic mass is 16.7. The summed E-state index contributed by atoms with van der Waals surface area (Å²) >= 11 is 0. The Kier molecular flexibility index (Phi) is 4.38. The van der Waals surface area contributed by atoms with Gasteiger partial charge in [0.15, 0.2) is 11.5 Å². The molecule has 2 amide bonds. The van der Waals surface area contributed by atoms with Gasteiger partial charge in [0, 0.05) is 35.8 Å². The van der Waals surface area contributed by atoms with Crippen LogP contribution in [0.2, 0.25) is 0 Å². The minimum atomic E-state index is -0.420. The molecule has 1 fully saturated rings. The van der Waals surface area contributed by atoms with Gasteiger partial charge in [-0.15, -0.1) is 0 Å². The summed E-state index contributed by atoms with van der Waals surface area (Å²) in [5.41, 5.74) is 4.24. The number of unbranched alkanes of at least 4 members (excludes halogenated alkanes) is 1. The molecule has 4 heterocycles. The molecule has 32 heavy (non-hydrogen) atoms. The Morgan fingerprint density at radius 3 is 2.75 bits per heavy atom. The van der Waals surface area contributed by atoms with E-state index in [2.05, 4.69) is 23.6 Å². The molecule has 1 aromatic heterocycles. The van der Waals surface area contributed by atoms with E-state index in [-0.39, 0.29) is 25.2 Å². The zero-order valence-corrected chi connectivity index (χ0v) is 18.0. The molecule has 3 aromatic rings. The fourth-order valence-corrected chi connectivity index (χ4v) is 5.21. The fourth-order valence-electron chi connectivity index (χ4n) is 5.21. The predicted octanol–water partition coefficient (Wildman–Crippen LogP) is 3.25. The van der Waals surface area contributed by atoms with Crippen LogP contribution in [0.1, 0.15) is 31.0 Å². The summed E-state index contributed by atoms with van der Waals surface area (Å²) in [5.74, 6) is 1.56. The molecule has 0 aliphatic carbocycles. The van der Waals surface area contributed by atoms with Crippen molar-refractivity contribution in [1.82, 2.24) is 14.4 Å². The molecule has 1 unspecified atom stereocenters. The highest BCUT2D eigenvalue weighted by Gasteiger charge is 2.43. The van der Waals surface area contributed by atoms with Gasteiger partial charge in [-0.1, -0.05) is 31.5 Å². The number of carbonyl (C=O) groups is 2. The molecule has 7 heteroatoms. The number of benzene rings is 2. The number of ether oxygens (including phenoxy) is 2. The second kappa shape index (κ2) is 7.29. The molecule has 7 nitrogen and oxygen atoms in total. The molecular formula is C25H25N3O4. The monoisotopic (exact) mass is 431 g/mol. The number of para-hydroxylation sites is 1. The van der Waals surface area contributed by atoms with Crippen molar-refractivity contribution in [2.24, 2.45) is 0 Å². The van der Waals surface area contributed by atoms with Crippen LogP contribution >= 0.6 is 0 Å². The van der Waals surface area contributed by atoms with Crippen LogP contribution in [0.4, 0.5) is 0 Å². The van der Waals surface area contributed by atoms with E-state index in [4.69, 9.17) is 9.47 Å². The molecule has 0 bridgehead atoms. The molecule has 0 saturated carbocycles. The van der Waals surface area contributed by atoms with Crippen LogP contribution in [0.5, 0.6) is 11.5 Å². The molecule has 3 aliphatic heterocycles. The standard InChI is InChI=1S/C25H25N3O4/c1-2-3-10-26-14-24(29)27-13-21-18(12-20(27)25(26)30)17-6-4-5-7-19(17)28(21)16-8-9-22-23(11-16)32-15-31-22/h4-9,11,20H,2-3,10,12-15H2,1H3. The second-order valence-corrected chi connectivity index (χ2v) is 8.67. The number of rotatable bonds is 4. The van der Waals surface area contributed by atoms with Gasteiger partial charge in [0.25, 0.3) is 0 Å². The van der Waals surface area contributed by atoms with Crippen LogP contribution < -0.4 is 9.47 Å². The number of hydrogen-bond acceptors (Lipinski definition) is 4. The lowest BCUT2D eigenvalue weighted by molar-refractivity contribution is -0.157. The first kappa shape index (κ1) is 19.2. The fraction of sp³-hybridized carbons (Fsp3) is 0.360. The molecule has 2 aromatic carbocycles. The van der Waals surface area contributed by atoms with Crippen LogP contribution in [0.15, 0.2) is 42.5 Å². The van der Waals surface area contributed by atoms with E-state index in [1.54, 1.807) is 9.80 Å². The second-order valence-electron chi connectivity index (χ2n) is 8.67. The molecule has 0 N–H and O–H groups in total. The van der Waals surface area contributed by atoms with Gasteiger partial charge in [0.1, 0.15) is 6.04 Å². The van der Waals surface area contributed by atoms with E-state index in [1.165, 1.54) is 0 Å². The summed E-state index contributed by atoms with van der Waals surface area (Å²) in [4.78, 5) is 29.8. The van der Waals surface area contributed by atoms with Crippen LogP contribution in [-0.4, -0.2) is 52.1 Å². The minimum absolute atomic E-state index is 0.0267. The Labute approximate surface area is 186 Å². The third-order valence-electron chi connectivity index (χ3n) is 6.82. The van der Waals surface area contributed by atoms with Crippen molar-refractivity contribution in [3.05, 3.63) is 53.7 Å². The molecule has 6 rings (SSSR count). The highest BCUT2D eigenvalue weighted by Crippen LogP contribution is 2.39. The van der Waals surface area contributed by atoms with Crippen LogP contribution in [0, 0.1) is 0 Å². The molecular weight excluding hydrogens is 406 g/mol. The Morgan fingerprint density at radius 2 is 1.88 bits per heavy atom. The summed E-state index contributed by atoms with van der Waals surface area (Å²) in [6.07, 6.45) is 2.46. The molecule has 164 valence electrons. The lowest BCUT2D eigenvalue weighted by atomic mass is 9.93. The normalized spacial score (nSPS) is 19.5. The number of hydrogen-bond donors (Lipinski definition) is 0. The van der Waals surface area contributed by atoms with Gasteiger partial charge in [0.2, 0.25) is 18.6 Å². The van der Waals surface area contributed by atoms with Gasteiger partial charge in [-0.3, -0.25) is 9.59 Å². The van der Waals surface area contributed by atoms with Gasteiger partial charge < -0.3 is 23.8 Å². The summed E-state index contributed by atoms with van der Waals surface area (Å²) < 4.78 is 13.3. The van der Waals surface area contributed by atoms with Crippen molar-refractivity contribution < 1.29 is 19.1 Å². The van der Waals surface area contributed by atoms with Gasteiger partial charge in [-0.2, -0.15) is 0 Å². The predicted molar refractivity (Wildman–Crippen MR) is 119 cm³/mol. The number of carbonyl (C=O) groups excluding carboxylic acids is 2. The molecule has 1 atom stereocenters. The van der Waals surface area contributed by atoms with E-state index in [1.807, 2.05) is 30.3 Å². The Hall–Kier alpha value is -3.48. The van der Waals surface area contributed by atoms with Crippen molar-refractivity contribution in [1.29, 1.82) is 0 Å². The largest absolute Gasteiger partial charge is 0.454 e. The maximum absolute atomic E-state index is 13.3. The SMILES string of the molecule is CCCCN1CC(=O)N2Cc3c(c4ccccc4n3-c3ccc4c(c3)OCO4)CC2C1=O. The quantitative estimate of drug-likeness (QED) is 0.636. The lowest BCUT2D eigenvalue weighted by Gasteiger charge is -2.43.